The molecule has 0 aliphatic carbocycles. The van der Waals surface area contributed by atoms with Crippen LogP contribution in [0, 0.1) is 11.7 Å². The number of nitrogens with one attached hydrogen (secondary N) is 1. The van der Waals surface area contributed by atoms with Gasteiger partial charge in [-0.15, -0.1) is 0 Å². The van der Waals surface area contributed by atoms with Gasteiger partial charge in [-0.05, 0) is 12.1 Å². The topological polar surface area (TPSA) is 32.3 Å². The van der Waals surface area contributed by atoms with Crippen molar-refractivity contribution in [2.24, 2.45) is 5.92 Å². The largest absolute Gasteiger partial charge is 0.322 e. The number of carbonyl (C=O) groups excluding carboxylic acids is 1. The quantitative estimate of drug-likeness (QED) is 0.895. The second-order valence-corrected chi connectivity index (χ2v) is 4.32. The maximum Gasteiger partial charge on any atom is 0.243 e. The Kier molecular flexibility index (Phi) is 3.86. The molecule has 18 heavy (non-hydrogen) atoms. The Hall–Kier alpha value is -1.56. The van der Waals surface area contributed by atoms with Crippen LogP contribution >= 0.6 is 0 Å². The van der Waals surface area contributed by atoms with Gasteiger partial charge in [-0.25, -0.2) is 13.2 Å². The zero-order valence-corrected chi connectivity index (χ0v) is 9.57. The van der Waals surface area contributed by atoms with E-state index in [1.54, 1.807) is 11.0 Å². The summed E-state index contributed by atoms with van der Waals surface area (Å²) in [6.45, 7) is 0.433. The summed E-state index contributed by atoms with van der Waals surface area (Å²) in [7, 11) is 0. The predicted molar refractivity (Wildman–Crippen MR) is 61.0 cm³/mol. The van der Waals surface area contributed by atoms with E-state index >= 15 is 0 Å². The lowest BCUT2D eigenvalue weighted by Gasteiger charge is -2.38. The maximum absolute atomic E-state index is 13.2. The molecule has 1 aliphatic heterocycles. The van der Waals surface area contributed by atoms with Crippen LogP contribution in [-0.4, -0.2) is 36.9 Å². The van der Waals surface area contributed by atoms with Crippen LogP contribution in [0.5, 0.6) is 0 Å². The average Bonchev–Trinajstić information content (AvgIpc) is 2.25. The van der Waals surface area contributed by atoms with Gasteiger partial charge in [0, 0.05) is 19.0 Å². The molecule has 0 radical (unpaired) electrons. The number of carbonyl (C=O) groups is 1. The van der Waals surface area contributed by atoms with E-state index in [-0.39, 0.29) is 25.3 Å². The Labute approximate surface area is 103 Å². The minimum absolute atomic E-state index is 0.0115. The van der Waals surface area contributed by atoms with E-state index < -0.39 is 24.1 Å². The van der Waals surface area contributed by atoms with Crippen molar-refractivity contribution in [1.29, 1.82) is 0 Å². The zero-order chi connectivity index (χ0) is 13.1. The fraction of sp³-hybridized carbons (Fsp3) is 0.417. The van der Waals surface area contributed by atoms with Gasteiger partial charge in [-0.2, -0.15) is 0 Å². The third-order valence-corrected chi connectivity index (χ3v) is 2.86. The summed E-state index contributed by atoms with van der Waals surface area (Å²) in [5.74, 6) is -1.56. The number of hydrogen-bond donors (Lipinski definition) is 1. The van der Waals surface area contributed by atoms with E-state index in [0.29, 0.717) is 0 Å². The molecular weight excluding hydrogens is 245 g/mol. The number of benzene rings is 1. The number of amides is 1. The van der Waals surface area contributed by atoms with Crippen molar-refractivity contribution in [2.75, 3.05) is 25.0 Å². The lowest BCUT2D eigenvalue weighted by Crippen LogP contribution is -2.52. The standard InChI is InChI=1S/C12H13F3N2O/c13-9-3-1-2-4-10(9)16-11(18)7-17-5-8(6-17)12(14)15/h1-4,8,12H,5-7H2,(H,16,18). The van der Waals surface area contributed by atoms with Gasteiger partial charge in [0.2, 0.25) is 12.3 Å². The van der Waals surface area contributed by atoms with Gasteiger partial charge in [0.25, 0.3) is 0 Å². The second-order valence-electron chi connectivity index (χ2n) is 4.32. The Morgan fingerprint density at radius 1 is 1.39 bits per heavy atom. The van der Waals surface area contributed by atoms with Crippen molar-refractivity contribution >= 4 is 11.6 Å². The van der Waals surface area contributed by atoms with Crippen molar-refractivity contribution in [3.63, 3.8) is 0 Å². The molecule has 1 heterocycles. The van der Waals surface area contributed by atoms with E-state index in [9.17, 15) is 18.0 Å². The number of nitrogens with zero attached hydrogens (tertiary/aromatic N) is 1. The van der Waals surface area contributed by atoms with E-state index in [4.69, 9.17) is 0 Å². The molecule has 2 rings (SSSR count). The van der Waals surface area contributed by atoms with E-state index in [2.05, 4.69) is 5.32 Å². The van der Waals surface area contributed by atoms with Gasteiger partial charge in [-0.1, -0.05) is 12.1 Å². The molecule has 6 heteroatoms. The van der Waals surface area contributed by atoms with Crippen LogP contribution in [0.3, 0.4) is 0 Å². The molecule has 1 aromatic rings. The van der Waals surface area contributed by atoms with Crippen LogP contribution in [0.4, 0.5) is 18.9 Å². The van der Waals surface area contributed by atoms with Crippen molar-refractivity contribution in [2.45, 2.75) is 6.43 Å². The van der Waals surface area contributed by atoms with E-state index in [1.165, 1.54) is 18.2 Å². The second kappa shape index (κ2) is 5.39. The molecule has 0 spiro atoms. The molecule has 1 fully saturated rings. The highest BCUT2D eigenvalue weighted by Gasteiger charge is 2.34. The van der Waals surface area contributed by atoms with Gasteiger partial charge in [-0.3, -0.25) is 9.69 Å². The monoisotopic (exact) mass is 258 g/mol. The van der Waals surface area contributed by atoms with Crippen LogP contribution < -0.4 is 5.32 Å². The molecule has 0 saturated carbocycles. The van der Waals surface area contributed by atoms with Crippen LogP contribution in [0.15, 0.2) is 24.3 Å². The number of rotatable bonds is 4. The first kappa shape index (κ1) is 12.9. The molecule has 0 bridgehead atoms. The number of para-hydroxylation sites is 1. The Bertz CT molecular complexity index is 433. The summed E-state index contributed by atoms with van der Waals surface area (Å²) in [6, 6.07) is 5.82. The smallest absolute Gasteiger partial charge is 0.243 e. The fourth-order valence-corrected chi connectivity index (χ4v) is 1.85. The normalized spacial score (nSPS) is 16.7. The number of hydrogen-bond acceptors (Lipinski definition) is 2. The lowest BCUT2D eigenvalue weighted by molar-refractivity contribution is -0.120. The molecule has 3 nitrogen and oxygen atoms in total. The first-order valence-corrected chi connectivity index (χ1v) is 5.61. The minimum Gasteiger partial charge on any atom is -0.322 e. The van der Waals surface area contributed by atoms with Crippen molar-refractivity contribution in [3.8, 4) is 0 Å². The third kappa shape index (κ3) is 3.01. The van der Waals surface area contributed by atoms with Crippen LogP contribution in [0.2, 0.25) is 0 Å². The summed E-state index contributed by atoms with van der Waals surface area (Å²) < 4.78 is 37.7. The molecule has 1 N–H and O–H groups in total. The van der Waals surface area contributed by atoms with Crippen LogP contribution in [-0.2, 0) is 4.79 Å². The number of alkyl halides is 2. The number of anilines is 1. The first-order valence-electron chi connectivity index (χ1n) is 5.61. The highest BCUT2D eigenvalue weighted by atomic mass is 19.3. The van der Waals surface area contributed by atoms with Crippen molar-refractivity contribution in [3.05, 3.63) is 30.1 Å². The highest BCUT2D eigenvalue weighted by molar-refractivity contribution is 5.92. The van der Waals surface area contributed by atoms with Gasteiger partial charge in [0.05, 0.1) is 12.2 Å². The molecule has 0 aromatic heterocycles. The van der Waals surface area contributed by atoms with Gasteiger partial charge < -0.3 is 5.32 Å². The maximum atomic E-state index is 13.2. The van der Waals surface area contributed by atoms with Gasteiger partial charge in [0.1, 0.15) is 5.82 Å². The van der Waals surface area contributed by atoms with E-state index in [0.717, 1.165) is 0 Å². The first-order chi connectivity index (χ1) is 8.56. The van der Waals surface area contributed by atoms with Crippen LogP contribution in [0.25, 0.3) is 0 Å². The molecule has 1 aliphatic rings. The summed E-state index contributed by atoms with van der Waals surface area (Å²) in [6.07, 6.45) is -2.34. The molecule has 1 saturated heterocycles. The summed E-state index contributed by atoms with van der Waals surface area (Å²) in [4.78, 5) is 13.1. The zero-order valence-electron chi connectivity index (χ0n) is 9.57. The molecule has 1 amide bonds. The molecule has 0 atom stereocenters. The molecule has 0 unspecified atom stereocenters. The average molecular weight is 258 g/mol. The third-order valence-electron chi connectivity index (χ3n) is 2.86. The number of likely N-dealkylation sites (tertiary alicyclic amines) is 1. The Morgan fingerprint density at radius 3 is 2.67 bits per heavy atom. The summed E-state index contributed by atoms with van der Waals surface area (Å²) in [5, 5.41) is 2.41. The SMILES string of the molecule is O=C(CN1CC(C(F)F)C1)Nc1ccccc1F. The molecule has 98 valence electrons. The minimum atomic E-state index is -2.34. The van der Waals surface area contributed by atoms with Crippen molar-refractivity contribution < 1.29 is 18.0 Å². The van der Waals surface area contributed by atoms with Crippen molar-refractivity contribution in [1.82, 2.24) is 4.90 Å². The van der Waals surface area contributed by atoms with E-state index in [1.807, 2.05) is 0 Å². The molecule has 1 aromatic carbocycles. The fourth-order valence-electron chi connectivity index (χ4n) is 1.85. The van der Waals surface area contributed by atoms with Gasteiger partial charge >= 0.3 is 0 Å². The molecular formula is C12H13F3N2O. The lowest BCUT2D eigenvalue weighted by atomic mass is 10.0. The Balaban J connectivity index is 1.79. The summed E-state index contributed by atoms with van der Waals surface area (Å²) in [5.41, 5.74) is 0.105. The number of halogens is 3. The highest BCUT2D eigenvalue weighted by Crippen LogP contribution is 2.22. The Morgan fingerprint density at radius 2 is 2.06 bits per heavy atom. The predicted octanol–water partition coefficient (Wildman–Crippen LogP) is 1.96. The van der Waals surface area contributed by atoms with Crippen LogP contribution in [0.1, 0.15) is 0 Å². The summed E-state index contributed by atoms with van der Waals surface area (Å²) >= 11 is 0. The van der Waals surface area contributed by atoms with Gasteiger partial charge in [0.15, 0.2) is 0 Å².